The number of nitrogens with one attached hydrogen (secondary N) is 1. The molecule has 0 atom stereocenters. The van der Waals surface area contributed by atoms with E-state index < -0.39 is 5.82 Å². The molecule has 0 saturated heterocycles. The van der Waals surface area contributed by atoms with E-state index in [1.807, 2.05) is 25.1 Å². The average Bonchev–Trinajstić information content (AvgIpc) is 2.33. The van der Waals surface area contributed by atoms with Gasteiger partial charge < -0.3 is 11.1 Å². The molecule has 0 fully saturated rings. The highest BCUT2D eigenvalue weighted by atomic mass is 19.1. The second kappa shape index (κ2) is 4.76. The number of nitriles is 1. The van der Waals surface area contributed by atoms with Crippen LogP contribution in [-0.4, -0.2) is 0 Å². The van der Waals surface area contributed by atoms with Gasteiger partial charge >= 0.3 is 0 Å². The Morgan fingerprint density at radius 2 is 2.00 bits per heavy atom. The molecular formula is C14H12FN3. The second-order valence-electron chi connectivity index (χ2n) is 3.99. The second-order valence-corrected chi connectivity index (χ2v) is 3.99. The zero-order chi connectivity index (χ0) is 13.1. The average molecular weight is 241 g/mol. The first-order valence-corrected chi connectivity index (χ1v) is 5.43. The van der Waals surface area contributed by atoms with Crippen LogP contribution in [0.1, 0.15) is 11.1 Å². The Hall–Kier alpha value is -2.54. The minimum atomic E-state index is -0.548. The van der Waals surface area contributed by atoms with E-state index in [2.05, 4.69) is 5.32 Å². The molecule has 2 aromatic rings. The van der Waals surface area contributed by atoms with E-state index in [0.29, 0.717) is 17.1 Å². The van der Waals surface area contributed by atoms with Crippen LogP contribution in [0, 0.1) is 24.1 Å². The maximum atomic E-state index is 13.4. The summed E-state index contributed by atoms with van der Waals surface area (Å²) in [5, 5.41) is 11.9. The molecule has 0 spiro atoms. The van der Waals surface area contributed by atoms with E-state index in [9.17, 15) is 4.39 Å². The van der Waals surface area contributed by atoms with Crippen molar-refractivity contribution >= 4 is 17.1 Å². The molecule has 4 heteroatoms. The summed E-state index contributed by atoms with van der Waals surface area (Å²) < 4.78 is 13.4. The third-order valence-corrected chi connectivity index (χ3v) is 2.60. The van der Waals surface area contributed by atoms with Gasteiger partial charge in [-0.05, 0) is 36.8 Å². The first-order valence-electron chi connectivity index (χ1n) is 5.43. The number of nitrogen functional groups attached to an aromatic ring is 1. The number of hydrogen-bond acceptors (Lipinski definition) is 3. The predicted molar refractivity (Wildman–Crippen MR) is 70.0 cm³/mol. The third kappa shape index (κ3) is 2.25. The summed E-state index contributed by atoms with van der Waals surface area (Å²) in [6.07, 6.45) is 0. The number of nitrogens with zero attached hydrogens (tertiary/aromatic N) is 1. The molecule has 0 aliphatic carbocycles. The van der Waals surface area contributed by atoms with E-state index in [1.54, 1.807) is 18.2 Å². The standard InChI is InChI=1S/C14H12FN3/c1-9-5-6-14(12(17)7-9)18-13-4-2-3-11(15)10(13)8-16/h2-7,18H,17H2,1H3. The highest BCUT2D eigenvalue weighted by Gasteiger charge is 2.08. The highest BCUT2D eigenvalue weighted by Crippen LogP contribution is 2.26. The molecule has 0 unspecified atom stereocenters. The Kier molecular flexibility index (Phi) is 3.16. The molecule has 3 nitrogen and oxygen atoms in total. The van der Waals surface area contributed by atoms with Crippen LogP contribution in [0.3, 0.4) is 0 Å². The first-order chi connectivity index (χ1) is 8.61. The van der Waals surface area contributed by atoms with Crippen molar-refractivity contribution in [2.75, 3.05) is 11.1 Å². The van der Waals surface area contributed by atoms with Gasteiger partial charge in [0.05, 0.1) is 17.1 Å². The molecule has 0 aromatic heterocycles. The lowest BCUT2D eigenvalue weighted by atomic mass is 10.1. The Bertz CT molecular complexity index is 629. The quantitative estimate of drug-likeness (QED) is 0.793. The number of nitrogens with two attached hydrogens (primary N) is 1. The van der Waals surface area contributed by atoms with Crippen molar-refractivity contribution in [3.8, 4) is 6.07 Å². The van der Waals surface area contributed by atoms with Crippen LogP contribution >= 0.6 is 0 Å². The van der Waals surface area contributed by atoms with Crippen LogP contribution < -0.4 is 11.1 Å². The Balaban J connectivity index is 2.41. The fourth-order valence-corrected chi connectivity index (χ4v) is 1.68. The molecule has 3 N–H and O–H groups in total. The maximum absolute atomic E-state index is 13.4. The van der Waals surface area contributed by atoms with Gasteiger partial charge in [-0.25, -0.2) is 4.39 Å². The first kappa shape index (κ1) is 11.9. The summed E-state index contributed by atoms with van der Waals surface area (Å²) in [5.74, 6) is -0.548. The summed E-state index contributed by atoms with van der Waals surface area (Å²) in [7, 11) is 0. The predicted octanol–water partition coefficient (Wildman–Crippen LogP) is 3.33. The Labute approximate surface area is 105 Å². The highest BCUT2D eigenvalue weighted by molar-refractivity contribution is 5.75. The third-order valence-electron chi connectivity index (χ3n) is 2.60. The molecule has 0 radical (unpaired) electrons. The normalized spacial score (nSPS) is 9.83. The fraction of sp³-hybridized carbons (Fsp3) is 0.0714. The number of hydrogen-bond donors (Lipinski definition) is 2. The number of halogens is 1. The molecule has 0 aliphatic heterocycles. The molecule has 18 heavy (non-hydrogen) atoms. The summed E-state index contributed by atoms with van der Waals surface area (Å²) >= 11 is 0. The molecule has 0 saturated carbocycles. The monoisotopic (exact) mass is 241 g/mol. The van der Waals surface area contributed by atoms with Crippen LogP contribution in [0.25, 0.3) is 0 Å². The molecule has 0 aliphatic rings. The van der Waals surface area contributed by atoms with Crippen LogP contribution in [-0.2, 0) is 0 Å². The minimum Gasteiger partial charge on any atom is -0.397 e. The van der Waals surface area contributed by atoms with Gasteiger partial charge in [0.2, 0.25) is 0 Å². The van der Waals surface area contributed by atoms with Gasteiger partial charge in [0, 0.05) is 0 Å². The van der Waals surface area contributed by atoms with Crippen molar-refractivity contribution in [1.29, 1.82) is 5.26 Å². The summed E-state index contributed by atoms with van der Waals surface area (Å²) in [6, 6.07) is 11.8. The van der Waals surface area contributed by atoms with Crippen molar-refractivity contribution < 1.29 is 4.39 Å². The van der Waals surface area contributed by atoms with Gasteiger partial charge in [0.15, 0.2) is 0 Å². The zero-order valence-electron chi connectivity index (χ0n) is 9.87. The van der Waals surface area contributed by atoms with Crippen molar-refractivity contribution in [2.45, 2.75) is 6.92 Å². The van der Waals surface area contributed by atoms with E-state index in [1.165, 1.54) is 6.07 Å². The summed E-state index contributed by atoms with van der Waals surface area (Å²) in [5.41, 5.74) is 8.51. The van der Waals surface area contributed by atoms with Gasteiger partial charge in [0.1, 0.15) is 17.4 Å². The lowest BCUT2D eigenvalue weighted by Crippen LogP contribution is -1.99. The number of aryl methyl sites for hydroxylation is 1. The van der Waals surface area contributed by atoms with Gasteiger partial charge in [-0.15, -0.1) is 0 Å². The smallest absolute Gasteiger partial charge is 0.143 e. The van der Waals surface area contributed by atoms with Gasteiger partial charge in [-0.2, -0.15) is 5.26 Å². The molecule has 2 rings (SSSR count). The van der Waals surface area contributed by atoms with E-state index in [4.69, 9.17) is 11.0 Å². The molecule has 90 valence electrons. The Morgan fingerprint density at radius 3 is 2.67 bits per heavy atom. The fourth-order valence-electron chi connectivity index (χ4n) is 1.68. The van der Waals surface area contributed by atoms with Gasteiger partial charge in [-0.3, -0.25) is 0 Å². The van der Waals surface area contributed by atoms with Crippen LogP contribution in [0.5, 0.6) is 0 Å². The molecule has 0 bridgehead atoms. The lowest BCUT2D eigenvalue weighted by molar-refractivity contribution is 0.624. The largest absolute Gasteiger partial charge is 0.397 e. The summed E-state index contributed by atoms with van der Waals surface area (Å²) in [6.45, 7) is 1.93. The molecule has 0 amide bonds. The van der Waals surface area contributed by atoms with E-state index >= 15 is 0 Å². The van der Waals surface area contributed by atoms with Crippen LogP contribution in [0.4, 0.5) is 21.5 Å². The molecule has 0 heterocycles. The van der Waals surface area contributed by atoms with Crippen molar-refractivity contribution in [2.24, 2.45) is 0 Å². The number of anilines is 3. The Morgan fingerprint density at radius 1 is 1.22 bits per heavy atom. The minimum absolute atomic E-state index is 0.0162. The zero-order valence-corrected chi connectivity index (χ0v) is 9.87. The van der Waals surface area contributed by atoms with Crippen molar-refractivity contribution in [1.82, 2.24) is 0 Å². The SMILES string of the molecule is Cc1ccc(Nc2cccc(F)c2C#N)c(N)c1. The van der Waals surface area contributed by atoms with Gasteiger partial charge in [-0.1, -0.05) is 12.1 Å². The number of benzene rings is 2. The van der Waals surface area contributed by atoms with E-state index in [0.717, 1.165) is 5.56 Å². The summed E-state index contributed by atoms with van der Waals surface area (Å²) in [4.78, 5) is 0. The maximum Gasteiger partial charge on any atom is 0.143 e. The van der Waals surface area contributed by atoms with Crippen molar-refractivity contribution in [3.63, 3.8) is 0 Å². The lowest BCUT2D eigenvalue weighted by Gasteiger charge is -2.11. The van der Waals surface area contributed by atoms with Crippen LogP contribution in [0.2, 0.25) is 0 Å². The number of rotatable bonds is 2. The van der Waals surface area contributed by atoms with E-state index in [-0.39, 0.29) is 5.56 Å². The molecular weight excluding hydrogens is 229 g/mol. The van der Waals surface area contributed by atoms with Crippen molar-refractivity contribution in [3.05, 3.63) is 53.3 Å². The van der Waals surface area contributed by atoms with Gasteiger partial charge in [0.25, 0.3) is 0 Å². The van der Waals surface area contributed by atoms with Crippen LogP contribution in [0.15, 0.2) is 36.4 Å². The molecule has 2 aromatic carbocycles. The topological polar surface area (TPSA) is 61.8 Å².